The first-order valence-corrected chi connectivity index (χ1v) is 9.25. The van der Waals surface area contributed by atoms with E-state index in [-0.39, 0.29) is 11.6 Å². The zero-order valence-electron chi connectivity index (χ0n) is 16.1. The molecule has 1 aromatic heterocycles. The van der Waals surface area contributed by atoms with Crippen LogP contribution in [0.25, 0.3) is 0 Å². The number of nitrogens with zero attached hydrogens (tertiary/aromatic N) is 6. The summed E-state index contributed by atoms with van der Waals surface area (Å²) in [4.78, 5) is 5.02. The number of piperazine rings is 1. The molecule has 0 N–H and O–H groups in total. The average Bonchev–Trinajstić information content (AvgIpc) is 3.04. The number of hydrogen-bond donors (Lipinski definition) is 0. The van der Waals surface area contributed by atoms with E-state index >= 15 is 0 Å². The Kier molecular flexibility index (Phi) is 6.52. The molecule has 136 valence electrons. The highest BCUT2D eigenvalue weighted by Gasteiger charge is 2.33. The highest BCUT2D eigenvalue weighted by molar-refractivity contribution is 4.99. The van der Waals surface area contributed by atoms with Gasteiger partial charge in [-0.3, -0.25) is 9.80 Å². The third-order valence-electron chi connectivity index (χ3n) is 5.16. The van der Waals surface area contributed by atoms with Crippen molar-refractivity contribution in [1.29, 1.82) is 0 Å². The minimum Gasteiger partial charge on any atom is -0.297 e. The lowest BCUT2D eigenvalue weighted by atomic mass is 9.98. The van der Waals surface area contributed by atoms with Gasteiger partial charge in [0.1, 0.15) is 0 Å². The topological polar surface area (TPSA) is 50.1 Å². The lowest BCUT2D eigenvalue weighted by Gasteiger charge is -2.39. The second-order valence-electron chi connectivity index (χ2n) is 7.89. The normalized spacial score (nSPS) is 18.9. The lowest BCUT2D eigenvalue weighted by molar-refractivity contribution is 0.0828. The van der Waals surface area contributed by atoms with Gasteiger partial charge >= 0.3 is 0 Å². The molecular weight excluding hydrogens is 300 g/mol. The number of aromatic nitrogens is 4. The van der Waals surface area contributed by atoms with Crippen molar-refractivity contribution in [2.75, 3.05) is 32.7 Å². The van der Waals surface area contributed by atoms with E-state index in [9.17, 15) is 0 Å². The molecule has 2 rings (SSSR count). The Hall–Kier alpha value is -1.27. The maximum absolute atomic E-state index is 4.44. The first kappa shape index (κ1) is 19.1. The smallest absolute Gasteiger partial charge is 0.168 e. The summed E-state index contributed by atoms with van der Waals surface area (Å²) in [6.45, 7) is 20.3. The molecule has 0 spiro atoms. The SMILES string of the molecule is C=CCN1CCN(C(CC(C)C)c2nnnn2C(C)(C)CC)CC1. The van der Waals surface area contributed by atoms with Crippen LogP contribution in [0, 0.1) is 5.92 Å². The number of rotatable bonds is 8. The second kappa shape index (κ2) is 8.21. The van der Waals surface area contributed by atoms with Gasteiger partial charge in [0.05, 0.1) is 11.6 Å². The Labute approximate surface area is 146 Å². The first-order valence-electron chi connectivity index (χ1n) is 9.25. The number of tetrazole rings is 1. The molecule has 6 heteroatoms. The lowest BCUT2D eigenvalue weighted by Crippen LogP contribution is -2.48. The third-order valence-corrected chi connectivity index (χ3v) is 5.16. The van der Waals surface area contributed by atoms with Crippen molar-refractivity contribution in [3.8, 4) is 0 Å². The molecule has 0 aromatic carbocycles. The van der Waals surface area contributed by atoms with Crippen LogP contribution in [-0.4, -0.2) is 62.7 Å². The fourth-order valence-corrected chi connectivity index (χ4v) is 3.29. The summed E-state index contributed by atoms with van der Waals surface area (Å²) in [6, 6.07) is 0.289. The molecule has 2 heterocycles. The predicted octanol–water partition coefficient (Wildman–Crippen LogP) is 2.71. The maximum Gasteiger partial charge on any atom is 0.168 e. The van der Waals surface area contributed by atoms with Crippen molar-refractivity contribution in [3.63, 3.8) is 0 Å². The molecule has 0 aliphatic carbocycles. The fraction of sp³-hybridized carbons (Fsp3) is 0.833. The average molecular weight is 335 g/mol. The van der Waals surface area contributed by atoms with Gasteiger partial charge in [-0.15, -0.1) is 11.7 Å². The highest BCUT2D eigenvalue weighted by atomic mass is 15.6. The molecule has 0 radical (unpaired) electrons. The minimum atomic E-state index is -0.0568. The first-order chi connectivity index (χ1) is 11.4. The fourth-order valence-electron chi connectivity index (χ4n) is 3.29. The van der Waals surface area contributed by atoms with Gasteiger partial charge in [0.15, 0.2) is 5.82 Å². The second-order valence-corrected chi connectivity index (χ2v) is 7.89. The van der Waals surface area contributed by atoms with Crippen LogP contribution in [0.1, 0.15) is 59.3 Å². The van der Waals surface area contributed by atoms with Gasteiger partial charge in [-0.25, -0.2) is 4.68 Å². The van der Waals surface area contributed by atoms with E-state index < -0.39 is 0 Å². The van der Waals surface area contributed by atoms with Crippen molar-refractivity contribution < 1.29 is 0 Å². The summed E-state index contributed by atoms with van der Waals surface area (Å²) < 4.78 is 2.05. The molecule has 1 aliphatic heterocycles. The monoisotopic (exact) mass is 334 g/mol. The van der Waals surface area contributed by atoms with E-state index in [1.54, 1.807) is 0 Å². The Bertz CT molecular complexity index is 513. The van der Waals surface area contributed by atoms with Crippen LogP contribution in [0.3, 0.4) is 0 Å². The highest BCUT2D eigenvalue weighted by Crippen LogP contribution is 2.30. The summed E-state index contributed by atoms with van der Waals surface area (Å²) >= 11 is 0. The van der Waals surface area contributed by atoms with Gasteiger partial charge in [0.2, 0.25) is 0 Å². The van der Waals surface area contributed by atoms with Gasteiger partial charge < -0.3 is 0 Å². The van der Waals surface area contributed by atoms with Gasteiger partial charge in [-0.1, -0.05) is 26.8 Å². The van der Waals surface area contributed by atoms with Crippen LogP contribution < -0.4 is 0 Å². The molecule has 1 fully saturated rings. The van der Waals surface area contributed by atoms with E-state index in [0.29, 0.717) is 5.92 Å². The van der Waals surface area contributed by atoms with Crippen molar-refractivity contribution in [1.82, 2.24) is 30.0 Å². The number of hydrogen-bond acceptors (Lipinski definition) is 5. The summed E-state index contributed by atoms with van der Waals surface area (Å²) in [5, 5.41) is 12.8. The van der Waals surface area contributed by atoms with Crippen molar-refractivity contribution >= 4 is 0 Å². The zero-order valence-corrected chi connectivity index (χ0v) is 16.1. The minimum absolute atomic E-state index is 0.0568. The molecule has 1 unspecified atom stereocenters. The molecule has 0 bridgehead atoms. The Morgan fingerprint density at radius 1 is 1.21 bits per heavy atom. The van der Waals surface area contributed by atoms with E-state index in [2.05, 4.69) is 71.2 Å². The van der Waals surface area contributed by atoms with Gasteiger partial charge in [0.25, 0.3) is 0 Å². The molecular formula is C18H34N6. The molecule has 0 amide bonds. The summed E-state index contributed by atoms with van der Waals surface area (Å²) in [5.74, 6) is 1.63. The van der Waals surface area contributed by atoms with Crippen LogP contribution in [0.5, 0.6) is 0 Å². The predicted molar refractivity (Wildman–Crippen MR) is 97.8 cm³/mol. The van der Waals surface area contributed by atoms with Crippen molar-refractivity contribution in [3.05, 3.63) is 18.5 Å². The Balaban J connectivity index is 2.21. The van der Waals surface area contributed by atoms with Crippen LogP contribution in [0.15, 0.2) is 12.7 Å². The van der Waals surface area contributed by atoms with Crippen molar-refractivity contribution in [2.45, 2.75) is 59.0 Å². The van der Waals surface area contributed by atoms with E-state index in [1.165, 1.54) is 0 Å². The molecule has 1 saturated heterocycles. The largest absolute Gasteiger partial charge is 0.297 e. The van der Waals surface area contributed by atoms with Crippen LogP contribution in [-0.2, 0) is 5.54 Å². The standard InChI is InChI=1S/C18H34N6/c1-7-9-22-10-12-23(13-11-22)16(14-15(3)4)17-19-20-21-24(17)18(5,6)8-2/h7,15-16H,1,8-14H2,2-6H3. The van der Waals surface area contributed by atoms with Gasteiger partial charge in [-0.2, -0.15) is 0 Å². The van der Waals surface area contributed by atoms with Crippen LogP contribution in [0.4, 0.5) is 0 Å². The molecule has 24 heavy (non-hydrogen) atoms. The van der Waals surface area contributed by atoms with Crippen LogP contribution in [0.2, 0.25) is 0 Å². The Morgan fingerprint density at radius 2 is 1.88 bits per heavy atom. The van der Waals surface area contributed by atoms with Gasteiger partial charge in [0, 0.05) is 32.7 Å². The Morgan fingerprint density at radius 3 is 2.42 bits per heavy atom. The van der Waals surface area contributed by atoms with Crippen LogP contribution >= 0.6 is 0 Å². The molecule has 0 saturated carbocycles. The molecule has 1 aromatic rings. The van der Waals surface area contributed by atoms with E-state index in [4.69, 9.17) is 0 Å². The summed E-state index contributed by atoms with van der Waals surface area (Å²) in [7, 11) is 0. The van der Waals surface area contributed by atoms with E-state index in [0.717, 1.165) is 51.4 Å². The quantitative estimate of drug-likeness (QED) is 0.684. The molecule has 1 atom stereocenters. The van der Waals surface area contributed by atoms with Crippen molar-refractivity contribution in [2.24, 2.45) is 5.92 Å². The molecule has 6 nitrogen and oxygen atoms in total. The summed E-state index contributed by atoms with van der Waals surface area (Å²) in [5.41, 5.74) is -0.0568. The third kappa shape index (κ3) is 4.42. The van der Waals surface area contributed by atoms with Gasteiger partial charge in [-0.05, 0) is 43.0 Å². The zero-order chi connectivity index (χ0) is 17.7. The summed E-state index contributed by atoms with van der Waals surface area (Å²) in [6.07, 6.45) is 4.08. The van der Waals surface area contributed by atoms with E-state index in [1.807, 2.05) is 6.08 Å². The molecule has 1 aliphatic rings. The maximum atomic E-state index is 4.44.